The number of halogens is 1. The summed E-state index contributed by atoms with van der Waals surface area (Å²) in [5, 5.41) is 9.41. The van der Waals surface area contributed by atoms with Gasteiger partial charge in [0, 0.05) is 12.1 Å². The van der Waals surface area contributed by atoms with Crippen molar-refractivity contribution < 1.29 is 9.50 Å². The van der Waals surface area contributed by atoms with E-state index < -0.39 is 0 Å². The van der Waals surface area contributed by atoms with Crippen LogP contribution < -0.4 is 0 Å². The van der Waals surface area contributed by atoms with Crippen molar-refractivity contribution in [1.82, 2.24) is 4.90 Å². The minimum Gasteiger partial charge on any atom is -0.508 e. The first-order valence-corrected chi connectivity index (χ1v) is 4.45. The van der Waals surface area contributed by atoms with Crippen LogP contribution in [0, 0.1) is 5.82 Å². The van der Waals surface area contributed by atoms with Gasteiger partial charge in [-0.2, -0.15) is 0 Å². The Hall–Kier alpha value is -1.09. The summed E-state index contributed by atoms with van der Waals surface area (Å²) in [7, 11) is 0. The van der Waals surface area contributed by atoms with Crippen molar-refractivity contribution in [3.05, 3.63) is 29.6 Å². The van der Waals surface area contributed by atoms with Gasteiger partial charge < -0.3 is 5.11 Å². The van der Waals surface area contributed by atoms with Crippen molar-refractivity contribution in [3.63, 3.8) is 0 Å². The molecule has 1 heterocycles. The summed E-state index contributed by atoms with van der Waals surface area (Å²) in [6, 6.07) is 4.08. The van der Waals surface area contributed by atoms with Crippen LogP contribution in [0.3, 0.4) is 0 Å². The van der Waals surface area contributed by atoms with Gasteiger partial charge in [-0.25, -0.2) is 4.39 Å². The molecule has 1 N–H and O–H groups in total. The SMILES string of the molecule is Oc1ccc(F)cc1CN1CCC1. The van der Waals surface area contributed by atoms with Gasteiger partial charge in [0.1, 0.15) is 11.6 Å². The Morgan fingerprint density at radius 3 is 2.77 bits per heavy atom. The van der Waals surface area contributed by atoms with Crippen LogP contribution in [-0.2, 0) is 6.54 Å². The normalized spacial score (nSPS) is 17.0. The van der Waals surface area contributed by atoms with Crippen LogP contribution in [0.4, 0.5) is 4.39 Å². The van der Waals surface area contributed by atoms with E-state index in [1.54, 1.807) is 0 Å². The summed E-state index contributed by atoms with van der Waals surface area (Å²) < 4.78 is 12.8. The molecular formula is C10H12FNO. The molecule has 1 fully saturated rings. The van der Waals surface area contributed by atoms with Gasteiger partial charge in [-0.3, -0.25) is 4.90 Å². The van der Waals surface area contributed by atoms with Crippen molar-refractivity contribution in [2.24, 2.45) is 0 Å². The average molecular weight is 181 g/mol. The van der Waals surface area contributed by atoms with E-state index in [0.29, 0.717) is 12.1 Å². The maximum absolute atomic E-state index is 12.8. The predicted molar refractivity (Wildman–Crippen MR) is 48.0 cm³/mol. The number of nitrogens with zero attached hydrogens (tertiary/aromatic N) is 1. The number of aromatic hydroxyl groups is 1. The molecule has 13 heavy (non-hydrogen) atoms. The van der Waals surface area contributed by atoms with Crippen molar-refractivity contribution in [2.75, 3.05) is 13.1 Å². The molecule has 0 aliphatic carbocycles. The number of benzene rings is 1. The average Bonchev–Trinajstić information content (AvgIpc) is 2.03. The van der Waals surface area contributed by atoms with Gasteiger partial charge >= 0.3 is 0 Å². The molecule has 1 aliphatic heterocycles. The van der Waals surface area contributed by atoms with Gasteiger partial charge in [-0.15, -0.1) is 0 Å². The Morgan fingerprint density at radius 1 is 1.38 bits per heavy atom. The largest absolute Gasteiger partial charge is 0.508 e. The summed E-state index contributed by atoms with van der Waals surface area (Å²) >= 11 is 0. The topological polar surface area (TPSA) is 23.5 Å². The molecular weight excluding hydrogens is 169 g/mol. The molecule has 0 saturated carbocycles. The third-order valence-electron chi connectivity index (χ3n) is 2.38. The van der Waals surface area contributed by atoms with Crippen LogP contribution in [-0.4, -0.2) is 23.1 Å². The quantitative estimate of drug-likeness (QED) is 0.751. The van der Waals surface area contributed by atoms with E-state index in [9.17, 15) is 9.50 Å². The number of phenolic OH excluding ortho intramolecular Hbond substituents is 1. The van der Waals surface area contributed by atoms with Crippen LogP contribution in [0.5, 0.6) is 5.75 Å². The van der Waals surface area contributed by atoms with E-state index >= 15 is 0 Å². The molecule has 0 bridgehead atoms. The second-order valence-corrected chi connectivity index (χ2v) is 3.40. The minimum atomic E-state index is -0.284. The van der Waals surface area contributed by atoms with Crippen molar-refractivity contribution in [1.29, 1.82) is 0 Å². The molecule has 2 nitrogen and oxygen atoms in total. The number of phenols is 1. The highest BCUT2D eigenvalue weighted by molar-refractivity contribution is 5.32. The molecule has 3 heteroatoms. The molecule has 0 unspecified atom stereocenters. The molecule has 0 spiro atoms. The van der Waals surface area contributed by atoms with E-state index in [2.05, 4.69) is 4.90 Å². The summed E-state index contributed by atoms with van der Waals surface area (Å²) in [5.41, 5.74) is 0.680. The highest BCUT2D eigenvalue weighted by atomic mass is 19.1. The van der Waals surface area contributed by atoms with Crippen molar-refractivity contribution in [2.45, 2.75) is 13.0 Å². The van der Waals surface area contributed by atoms with E-state index in [4.69, 9.17) is 0 Å². The minimum absolute atomic E-state index is 0.188. The zero-order chi connectivity index (χ0) is 9.26. The molecule has 1 aromatic rings. The summed E-state index contributed by atoms with van der Waals surface area (Å²) in [4.78, 5) is 2.18. The fourth-order valence-electron chi connectivity index (χ4n) is 1.46. The first-order chi connectivity index (χ1) is 6.25. The van der Waals surface area contributed by atoms with E-state index in [1.807, 2.05) is 0 Å². The van der Waals surface area contributed by atoms with Crippen LogP contribution >= 0.6 is 0 Å². The van der Waals surface area contributed by atoms with Crippen LogP contribution in [0.2, 0.25) is 0 Å². The van der Waals surface area contributed by atoms with Crippen LogP contribution in [0.25, 0.3) is 0 Å². The highest BCUT2D eigenvalue weighted by Gasteiger charge is 2.15. The molecule has 2 rings (SSSR count). The van der Waals surface area contributed by atoms with Gasteiger partial charge in [0.15, 0.2) is 0 Å². The maximum atomic E-state index is 12.8. The Balaban J connectivity index is 2.13. The first kappa shape index (κ1) is 8.51. The maximum Gasteiger partial charge on any atom is 0.123 e. The third-order valence-corrected chi connectivity index (χ3v) is 2.38. The zero-order valence-electron chi connectivity index (χ0n) is 7.33. The number of hydrogen-bond acceptors (Lipinski definition) is 2. The van der Waals surface area contributed by atoms with Crippen molar-refractivity contribution >= 4 is 0 Å². The zero-order valence-corrected chi connectivity index (χ0v) is 7.33. The van der Waals surface area contributed by atoms with E-state index in [1.165, 1.54) is 24.6 Å². The third kappa shape index (κ3) is 1.80. The summed E-state index contributed by atoms with van der Waals surface area (Å²) in [5.74, 6) is -0.0957. The monoisotopic (exact) mass is 181 g/mol. The molecule has 1 aliphatic rings. The second kappa shape index (κ2) is 3.34. The smallest absolute Gasteiger partial charge is 0.123 e. The van der Waals surface area contributed by atoms with Crippen molar-refractivity contribution in [3.8, 4) is 5.75 Å². The predicted octanol–water partition coefficient (Wildman–Crippen LogP) is 1.74. The van der Waals surface area contributed by atoms with E-state index in [0.717, 1.165) is 13.1 Å². The van der Waals surface area contributed by atoms with E-state index in [-0.39, 0.29) is 11.6 Å². The van der Waals surface area contributed by atoms with Gasteiger partial charge in [0.05, 0.1) is 0 Å². The number of hydrogen-bond donors (Lipinski definition) is 1. The number of likely N-dealkylation sites (tertiary alicyclic amines) is 1. The second-order valence-electron chi connectivity index (χ2n) is 3.40. The highest BCUT2D eigenvalue weighted by Crippen LogP contribution is 2.21. The van der Waals surface area contributed by atoms with Gasteiger partial charge in [-0.1, -0.05) is 0 Å². The van der Waals surface area contributed by atoms with Gasteiger partial charge in [-0.05, 0) is 37.7 Å². The lowest BCUT2D eigenvalue weighted by molar-refractivity contribution is 0.170. The van der Waals surface area contributed by atoms with Crippen LogP contribution in [0.1, 0.15) is 12.0 Å². The Bertz CT molecular complexity index is 310. The van der Waals surface area contributed by atoms with Gasteiger partial charge in [0.2, 0.25) is 0 Å². The lowest BCUT2D eigenvalue weighted by Crippen LogP contribution is -2.36. The van der Waals surface area contributed by atoms with Gasteiger partial charge in [0.25, 0.3) is 0 Å². The fraction of sp³-hybridized carbons (Fsp3) is 0.400. The lowest BCUT2D eigenvalue weighted by Gasteiger charge is -2.30. The molecule has 0 amide bonds. The molecule has 0 aromatic heterocycles. The molecule has 0 radical (unpaired) electrons. The summed E-state index contributed by atoms with van der Waals surface area (Å²) in [6.45, 7) is 2.76. The summed E-state index contributed by atoms with van der Waals surface area (Å²) in [6.07, 6.45) is 1.20. The molecule has 1 aromatic carbocycles. The molecule has 1 saturated heterocycles. The first-order valence-electron chi connectivity index (χ1n) is 4.45. The van der Waals surface area contributed by atoms with Crippen LogP contribution in [0.15, 0.2) is 18.2 Å². The molecule has 70 valence electrons. The lowest BCUT2D eigenvalue weighted by atomic mass is 10.1. The fourth-order valence-corrected chi connectivity index (χ4v) is 1.46. The number of rotatable bonds is 2. The molecule has 0 atom stereocenters. The Morgan fingerprint density at radius 2 is 2.15 bits per heavy atom. The Kier molecular flexibility index (Phi) is 2.19. The standard InChI is InChI=1S/C10H12FNO/c11-9-2-3-10(13)8(6-9)7-12-4-1-5-12/h2-3,6,13H,1,4-5,7H2. The Labute approximate surface area is 76.6 Å².